The summed E-state index contributed by atoms with van der Waals surface area (Å²) in [5.41, 5.74) is 1.23. The zero-order valence-corrected chi connectivity index (χ0v) is 15.9. The van der Waals surface area contributed by atoms with Gasteiger partial charge in [-0.3, -0.25) is 0 Å². The largest absolute Gasteiger partial charge is 0.497 e. The van der Waals surface area contributed by atoms with E-state index in [1.54, 1.807) is 19.4 Å². The molecular weight excluding hydrogens is 288 g/mol. The molecule has 0 spiro atoms. The van der Waals surface area contributed by atoms with Crippen LogP contribution in [0.15, 0.2) is 35.6 Å². The van der Waals surface area contributed by atoms with Crippen molar-refractivity contribution in [2.24, 2.45) is 0 Å². The summed E-state index contributed by atoms with van der Waals surface area (Å²) >= 11 is 0. The summed E-state index contributed by atoms with van der Waals surface area (Å²) < 4.78 is 11.5. The highest BCUT2D eigenvalue weighted by Crippen LogP contribution is 2.36. The van der Waals surface area contributed by atoms with Crippen molar-refractivity contribution in [3.8, 4) is 11.5 Å². The van der Waals surface area contributed by atoms with E-state index in [0.717, 1.165) is 17.9 Å². The van der Waals surface area contributed by atoms with E-state index in [2.05, 4.69) is 64.2 Å². The first-order valence-electron chi connectivity index (χ1n) is 7.85. The van der Waals surface area contributed by atoms with Gasteiger partial charge in [-0.05, 0) is 29.2 Å². The summed E-state index contributed by atoms with van der Waals surface area (Å²) in [7, 11) is 1.75. The Bertz CT molecular complexity index is 619. The molecule has 1 aromatic rings. The van der Waals surface area contributed by atoms with Crippen molar-refractivity contribution in [1.82, 2.24) is 0 Å². The highest BCUT2D eigenvalue weighted by atomic mass is 28.3. The molecule has 1 aromatic carbocycles. The third-order valence-corrected chi connectivity index (χ3v) is 8.25. The molecule has 0 aromatic heterocycles. The predicted molar refractivity (Wildman–Crippen MR) is 97.2 cm³/mol. The van der Waals surface area contributed by atoms with E-state index in [1.807, 2.05) is 0 Å². The smallest absolute Gasteiger partial charge is 0.122 e. The van der Waals surface area contributed by atoms with Crippen LogP contribution < -0.4 is 14.7 Å². The number of hydrogen-bond donors (Lipinski definition) is 0. The molecule has 0 bridgehead atoms. The Morgan fingerprint density at radius 2 is 1.73 bits per heavy atom. The highest BCUT2D eigenvalue weighted by Gasteiger charge is 2.34. The van der Waals surface area contributed by atoms with E-state index in [4.69, 9.17) is 9.47 Å². The second-order valence-corrected chi connectivity index (χ2v) is 11.9. The van der Waals surface area contributed by atoms with E-state index in [-0.39, 0.29) is 5.41 Å². The maximum Gasteiger partial charge on any atom is 0.122 e. The standard InChI is InChI=1S/C19H28O2Si/c1-19(2,3)16-12-14(20-4)13-17(18(16)21-5)22(6,7)15-10-8-9-11-15/h8-10,12-13H,11H2,1-7H3. The molecule has 0 saturated heterocycles. The van der Waals surface area contributed by atoms with Crippen LogP contribution in [0, 0.1) is 0 Å². The van der Waals surface area contributed by atoms with Gasteiger partial charge in [0.1, 0.15) is 19.6 Å². The Morgan fingerprint density at radius 3 is 2.18 bits per heavy atom. The molecule has 2 rings (SSSR count). The lowest BCUT2D eigenvalue weighted by Gasteiger charge is -2.31. The van der Waals surface area contributed by atoms with Gasteiger partial charge in [0.15, 0.2) is 0 Å². The van der Waals surface area contributed by atoms with Gasteiger partial charge in [0.25, 0.3) is 0 Å². The van der Waals surface area contributed by atoms with Crippen LogP contribution in [0.4, 0.5) is 0 Å². The Hall–Kier alpha value is -1.48. The Morgan fingerprint density at radius 1 is 1.05 bits per heavy atom. The first-order chi connectivity index (χ1) is 10.2. The second-order valence-electron chi connectivity index (χ2n) is 7.45. The van der Waals surface area contributed by atoms with Gasteiger partial charge in [-0.2, -0.15) is 0 Å². The molecule has 0 aliphatic heterocycles. The quantitative estimate of drug-likeness (QED) is 0.769. The lowest BCUT2D eigenvalue weighted by Crippen LogP contribution is -2.45. The number of rotatable bonds is 4. The third-order valence-electron chi connectivity index (χ3n) is 4.56. The molecule has 0 unspecified atom stereocenters. The van der Waals surface area contributed by atoms with Gasteiger partial charge < -0.3 is 9.47 Å². The molecule has 0 N–H and O–H groups in total. The van der Waals surface area contributed by atoms with Crippen molar-refractivity contribution in [1.29, 1.82) is 0 Å². The highest BCUT2D eigenvalue weighted by molar-refractivity contribution is 6.96. The average molecular weight is 317 g/mol. The molecule has 3 heteroatoms. The summed E-state index contributed by atoms with van der Waals surface area (Å²) in [5, 5.41) is 2.87. The molecule has 22 heavy (non-hydrogen) atoms. The van der Waals surface area contributed by atoms with Gasteiger partial charge in [-0.15, -0.1) is 0 Å². The predicted octanol–water partition coefficient (Wildman–Crippen LogP) is 4.34. The van der Waals surface area contributed by atoms with Crippen LogP contribution in [0.1, 0.15) is 32.8 Å². The van der Waals surface area contributed by atoms with Crippen molar-refractivity contribution < 1.29 is 9.47 Å². The summed E-state index contributed by atoms with van der Waals surface area (Å²) in [4.78, 5) is 0. The average Bonchev–Trinajstić information content (AvgIpc) is 2.99. The summed E-state index contributed by atoms with van der Waals surface area (Å²) in [5.74, 6) is 1.96. The van der Waals surface area contributed by atoms with Crippen molar-refractivity contribution in [3.63, 3.8) is 0 Å². The minimum Gasteiger partial charge on any atom is -0.497 e. The zero-order valence-electron chi connectivity index (χ0n) is 14.9. The van der Waals surface area contributed by atoms with E-state index in [1.165, 1.54) is 10.8 Å². The lowest BCUT2D eigenvalue weighted by molar-refractivity contribution is 0.391. The third kappa shape index (κ3) is 3.00. The second kappa shape index (κ2) is 5.96. The molecule has 2 nitrogen and oxygen atoms in total. The fraction of sp³-hybridized carbons (Fsp3) is 0.474. The van der Waals surface area contributed by atoms with Crippen LogP contribution in [-0.2, 0) is 5.41 Å². The van der Waals surface area contributed by atoms with Gasteiger partial charge >= 0.3 is 0 Å². The molecule has 0 atom stereocenters. The maximum atomic E-state index is 5.88. The Labute approximate surface area is 135 Å². The summed E-state index contributed by atoms with van der Waals surface area (Å²) in [6, 6.07) is 4.30. The number of allylic oxidation sites excluding steroid dienone is 4. The number of ether oxygens (including phenoxy) is 2. The molecule has 0 radical (unpaired) electrons. The first-order valence-corrected chi connectivity index (χ1v) is 10.8. The fourth-order valence-corrected chi connectivity index (χ4v) is 5.84. The Kier molecular flexibility index (Phi) is 4.57. The number of hydrogen-bond acceptors (Lipinski definition) is 2. The normalized spacial score (nSPS) is 15.0. The van der Waals surface area contributed by atoms with Gasteiger partial charge in [0, 0.05) is 5.56 Å². The topological polar surface area (TPSA) is 18.5 Å². The Balaban J connectivity index is 2.68. The van der Waals surface area contributed by atoms with Crippen molar-refractivity contribution in [3.05, 3.63) is 41.1 Å². The van der Waals surface area contributed by atoms with Gasteiger partial charge in [0.2, 0.25) is 0 Å². The molecule has 1 aliphatic rings. The molecule has 0 heterocycles. The molecule has 0 fully saturated rings. The minimum atomic E-state index is -1.78. The van der Waals surface area contributed by atoms with E-state index in [0.29, 0.717) is 0 Å². The van der Waals surface area contributed by atoms with Crippen LogP contribution in [0.25, 0.3) is 0 Å². The van der Waals surface area contributed by atoms with E-state index in [9.17, 15) is 0 Å². The van der Waals surface area contributed by atoms with E-state index >= 15 is 0 Å². The fourth-order valence-electron chi connectivity index (χ4n) is 3.05. The van der Waals surface area contributed by atoms with Gasteiger partial charge in [-0.1, -0.05) is 57.3 Å². The lowest BCUT2D eigenvalue weighted by atomic mass is 9.86. The summed E-state index contributed by atoms with van der Waals surface area (Å²) in [6.07, 6.45) is 7.75. The number of benzene rings is 1. The van der Waals surface area contributed by atoms with Crippen LogP contribution in [-0.4, -0.2) is 22.3 Å². The molecule has 1 aliphatic carbocycles. The van der Waals surface area contributed by atoms with Gasteiger partial charge in [0.05, 0.1) is 14.2 Å². The maximum absolute atomic E-state index is 5.88. The van der Waals surface area contributed by atoms with E-state index < -0.39 is 8.07 Å². The van der Waals surface area contributed by atoms with Crippen LogP contribution >= 0.6 is 0 Å². The molecule has 120 valence electrons. The zero-order chi connectivity index (χ0) is 16.5. The monoisotopic (exact) mass is 316 g/mol. The van der Waals surface area contributed by atoms with Crippen LogP contribution in [0.3, 0.4) is 0 Å². The van der Waals surface area contributed by atoms with Crippen LogP contribution in [0.2, 0.25) is 13.1 Å². The minimum absolute atomic E-state index is 0.0153. The van der Waals surface area contributed by atoms with Crippen molar-refractivity contribution in [2.45, 2.75) is 45.7 Å². The molecular formula is C19H28O2Si. The number of methoxy groups -OCH3 is 2. The summed E-state index contributed by atoms with van der Waals surface area (Å²) in [6.45, 7) is 11.5. The van der Waals surface area contributed by atoms with Crippen LogP contribution in [0.5, 0.6) is 11.5 Å². The first kappa shape index (κ1) is 16.9. The molecule has 0 amide bonds. The van der Waals surface area contributed by atoms with Crippen molar-refractivity contribution >= 4 is 13.3 Å². The molecule has 0 saturated carbocycles. The SMILES string of the molecule is COc1cc(C(C)(C)C)c(OC)c([Si](C)(C)C2=CC=CC2)c1. The van der Waals surface area contributed by atoms with Gasteiger partial charge in [-0.25, -0.2) is 0 Å². The van der Waals surface area contributed by atoms with Crippen molar-refractivity contribution in [2.75, 3.05) is 14.2 Å².